The second-order valence-corrected chi connectivity index (χ2v) is 10.6. The Bertz CT molecular complexity index is 997. The van der Waals surface area contributed by atoms with Crippen LogP contribution in [0.5, 0.6) is 0 Å². The van der Waals surface area contributed by atoms with Gasteiger partial charge >= 0.3 is 23.9 Å². The summed E-state index contributed by atoms with van der Waals surface area (Å²) in [5.41, 5.74) is -4.48. The number of hydrogen-bond donors (Lipinski definition) is 2. The summed E-state index contributed by atoms with van der Waals surface area (Å²) < 4.78 is 22.4. The van der Waals surface area contributed by atoms with Gasteiger partial charge in [-0.3, -0.25) is 19.2 Å². The summed E-state index contributed by atoms with van der Waals surface area (Å²) in [6.45, 7) is 10.0. The summed E-state index contributed by atoms with van der Waals surface area (Å²) >= 11 is 0. The zero-order valence-electron chi connectivity index (χ0n) is 21.8. The van der Waals surface area contributed by atoms with Crippen LogP contribution in [0.1, 0.15) is 61.3 Å². The fourth-order valence-electron chi connectivity index (χ4n) is 6.02. The zero-order chi connectivity index (χ0) is 27.2. The summed E-state index contributed by atoms with van der Waals surface area (Å²) in [5.74, 6) is -5.01. The molecule has 0 spiro atoms. The zero-order valence-corrected chi connectivity index (χ0v) is 21.8. The fraction of sp³-hybridized carbons (Fsp3) is 0.692. The van der Waals surface area contributed by atoms with Gasteiger partial charge in [0.05, 0.1) is 5.92 Å². The van der Waals surface area contributed by atoms with Crippen molar-refractivity contribution in [3.05, 3.63) is 23.8 Å². The third-order valence-corrected chi connectivity index (χ3v) is 7.84. The molecule has 1 aliphatic heterocycles. The van der Waals surface area contributed by atoms with Gasteiger partial charge in [-0.1, -0.05) is 18.6 Å². The molecule has 0 aromatic carbocycles. The minimum atomic E-state index is -2.09. The Morgan fingerprint density at radius 1 is 1.03 bits per heavy atom. The van der Waals surface area contributed by atoms with Crippen LogP contribution in [0, 0.1) is 17.3 Å². The topological polar surface area (TPSA) is 146 Å². The Labute approximate surface area is 210 Å². The first-order valence-corrected chi connectivity index (χ1v) is 12.1. The van der Waals surface area contributed by atoms with Crippen molar-refractivity contribution < 1.29 is 48.3 Å². The number of carbonyl (C=O) groups is 4. The van der Waals surface area contributed by atoms with Crippen molar-refractivity contribution in [3.63, 3.8) is 0 Å². The number of ether oxygens (including phenoxy) is 4. The second kappa shape index (κ2) is 9.63. The summed E-state index contributed by atoms with van der Waals surface area (Å²) in [6.07, 6.45) is 0.828. The van der Waals surface area contributed by atoms with E-state index in [-0.39, 0.29) is 0 Å². The molecule has 3 aliphatic rings. The highest BCUT2D eigenvalue weighted by Gasteiger charge is 2.69. The smallest absolute Gasteiger partial charge is 0.312 e. The van der Waals surface area contributed by atoms with Crippen molar-refractivity contribution in [1.82, 2.24) is 0 Å². The SMILES string of the molecule is CC(=O)O[C@@H]1[C@H]2[C@](C)(O)[C@H](OC(C)=O)C=C[C@]2(C)[C@H](OC(C)=O)CC/C(C)=C\[C@@H]2OC(=O)[C@H](C)[C@]21O. The number of hydrogen-bond acceptors (Lipinski definition) is 10. The Kier molecular flexibility index (Phi) is 7.45. The van der Waals surface area contributed by atoms with Crippen LogP contribution in [0.15, 0.2) is 23.8 Å². The van der Waals surface area contributed by atoms with E-state index in [0.29, 0.717) is 12.8 Å². The third-order valence-electron chi connectivity index (χ3n) is 7.84. The minimum absolute atomic E-state index is 0.328. The molecule has 1 saturated heterocycles. The van der Waals surface area contributed by atoms with E-state index in [0.717, 1.165) is 12.5 Å². The van der Waals surface area contributed by atoms with Crippen molar-refractivity contribution >= 4 is 23.9 Å². The normalized spacial score (nSPS) is 43.7. The third kappa shape index (κ3) is 4.68. The second-order valence-electron chi connectivity index (χ2n) is 10.6. The maximum absolute atomic E-state index is 12.7. The van der Waals surface area contributed by atoms with Crippen LogP contribution in [0.25, 0.3) is 0 Å². The number of esters is 4. The van der Waals surface area contributed by atoms with Gasteiger partial charge < -0.3 is 29.2 Å². The standard InChI is InChI=1S/C26H36O10/c1-13-8-9-18(33-15(3)27)24(6)11-10-19(34-16(4)28)25(7,31)21(24)22(35-17(5)29)26(32)14(2)23(30)36-20(26)12-13/h10-12,14,18-22,31-32H,8-9H2,1-7H3/b13-12-/t14-,18+,19+,20-,21+,22+,24+,25+,26-/m0/s1. The van der Waals surface area contributed by atoms with Gasteiger partial charge in [0.2, 0.25) is 0 Å². The van der Waals surface area contributed by atoms with E-state index in [4.69, 9.17) is 18.9 Å². The van der Waals surface area contributed by atoms with Crippen LogP contribution in [-0.2, 0) is 38.1 Å². The molecule has 0 unspecified atom stereocenters. The molecular formula is C26H36O10. The molecule has 9 atom stereocenters. The lowest BCUT2D eigenvalue weighted by molar-refractivity contribution is -0.242. The lowest BCUT2D eigenvalue weighted by Crippen LogP contribution is -2.69. The van der Waals surface area contributed by atoms with Crippen LogP contribution in [-0.4, -0.2) is 69.7 Å². The molecule has 0 aromatic rings. The van der Waals surface area contributed by atoms with E-state index < -0.39 is 76.7 Å². The molecule has 10 heteroatoms. The van der Waals surface area contributed by atoms with Crippen LogP contribution >= 0.6 is 0 Å². The molecule has 0 amide bonds. The highest BCUT2D eigenvalue weighted by molar-refractivity contribution is 5.77. The molecule has 2 aliphatic carbocycles. The molecule has 3 rings (SSSR count). The molecule has 200 valence electrons. The van der Waals surface area contributed by atoms with Gasteiger partial charge in [-0.15, -0.1) is 0 Å². The predicted octanol–water partition coefficient (Wildman–Crippen LogP) is 1.76. The fourth-order valence-corrected chi connectivity index (χ4v) is 6.02. The summed E-state index contributed by atoms with van der Waals surface area (Å²) in [4.78, 5) is 49.2. The van der Waals surface area contributed by atoms with E-state index in [1.807, 2.05) is 0 Å². The average molecular weight is 509 g/mol. The summed E-state index contributed by atoms with van der Waals surface area (Å²) in [7, 11) is 0. The van der Waals surface area contributed by atoms with Gasteiger partial charge in [-0.25, -0.2) is 0 Å². The van der Waals surface area contributed by atoms with Gasteiger partial charge in [0.15, 0.2) is 11.7 Å². The maximum atomic E-state index is 12.7. The molecule has 0 bridgehead atoms. The van der Waals surface area contributed by atoms with Crippen molar-refractivity contribution in [2.75, 3.05) is 0 Å². The van der Waals surface area contributed by atoms with E-state index in [9.17, 15) is 29.4 Å². The van der Waals surface area contributed by atoms with Crippen LogP contribution in [0.4, 0.5) is 0 Å². The van der Waals surface area contributed by atoms with Gasteiger partial charge in [-0.05, 0) is 45.8 Å². The van der Waals surface area contributed by atoms with Crippen molar-refractivity contribution in [2.24, 2.45) is 17.3 Å². The van der Waals surface area contributed by atoms with Crippen LogP contribution in [0.3, 0.4) is 0 Å². The molecule has 1 fully saturated rings. The number of carbonyl (C=O) groups excluding carboxylic acids is 4. The molecule has 0 saturated carbocycles. The van der Waals surface area contributed by atoms with Gasteiger partial charge in [-0.2, -0.15) is 0 Å². The predicted molar refractivity (Wildman–Crippen MR) is 125 cm³/mol. The van der Waals surface area contributed by atoms with Crippen molar-refractivity contribution in [2.45, 2.75) is 96.9 Å². The Morgan fingerprint density at radius 2 is 1.61 bits per heavy atom. The Morgan fingerprint density at radius 3 is 2.17 bits per heavy atom. The quantitative estimate of drug-likeness (QED) is 0.328. The Balaban J connectivity index is 2.36. The Hall–Kier alpha value is -2.72. The van der Waals surface area contributed by atoms with Gasteiger partial charge in [0.1, 0.15) is 23.9 Å². The molecular weight excluding hydrogens is 472 g/mol. The monoisotopic (exact) mass is 508 g/mol. The highest BCUT2D eigenvalue weighted by Crippen LogP contribution is 2.55. The first kappa shape index (κ1) is 27.9. The lowest BCUT2D eigenvalue weighted by atomic mass is 9.54. The van der Waals surface area contributed by atoms with Crippen molar-refractivity contribution in [3.8, 4) is 0 Å². The van der Waals surface area contributed by atoms with E-state index in [2.05, 4.69) is 0 Å². The van der Waals surface area contributed by atoms with E-state index in [1.165, 1.54) is 33.8 Å². The van der Waals surface area contributed by atoms with Gasteiger partial charge in [0, 0.05) is 32.1 Å². The van der Waals surface area contributed by atoms with E-state index >= 15 is 0 Å². The molecule has 1 heterocycles. The minimum Gasteiger partial charge on any atom is -0.462 e. The number of allylic oxidation sites excluding steroid dienone is 1. The molecule has 2 N–H and O–H groups in total. The van der Waals surface area contributed by atoms with Crippen LogP contribution < -0.4 is 0 Å². The first-order chi connectivity index (χ1) is 16.5. The van der Waals surface area contributed by atoms with Crippen LogP contribution in [0.2, 0.25) is 0 Å². The molecule has 0 radical (unpaired) electrons. The van der Waals surface area contributed by atoms with E-state index in [1.54, 1.807) is 26.0 Å². The van der Waals surface area contributed by atoms with Gasteiger partial charge in [0.25, 0.3) is 0 Å². The number of aliphatic hydroxyl groups is 2. The first-order valence-electron chi connectivity index (χ1n) is 12.1. The number of rotatable bonds is 3. The lowest BCUT2D eigenvalue weighted by Gasteiger charge is -2.56. The summed E-state index contributed by atoms with van der Waals surface area (Å²) in [6, 6.07) is 0. The highest BCUT2D eigenvalue weighted by atomic mass is 16.6. The average Bonchev–Trinajstić information content (AvgIpc) is 2.95. The molecule has 10 nitrogen and oxygen atoms in total. The maximum Gasteiger partial charge on any atom is 0.312 e. The summed E-state index contributed by atoms with van der Waals surface area (Å²) in [5, 5.41) is 24.2. The number of fused-ring (bicyclic) bond motifs is 2. The largest absolute Gasteiger partial charge is 0.462 e. The molecule has 0 aromatic heterocycles. The van der Waals surface area contributed by atoms with Crippen molar-refractivity contribution in [1.29, 1.82) is 0 Å². The molecule has 36 heavy (non-hydrogen) atoms.